The largest absolute Gasteiger partial charge is 1.00 e. The molecule has 0 aliphatic carbocycles. The molecule has 0 saturated heterocycles. The minimum absolute atomic E-state index is 0. The second kappa shape index (κ2) is 7.94. The molecule has 0 atom stereocenters. The van der Waals surface area contributed by atoms with Crippen LogP contribution in [0.3, 0.4) is 0 Å². The molecule has 0 unspecified atom stereocenters. The summed E-state index contributed by atoms with van der Waals surface area (Å²) in [7, 11) is -4.64. The number of phosphoric acid groups is 1. The first-order chi connectivity index (χ1) is 5.43. The van der Waals surface area contributed by atoms with Crippen LogP contribution in [0.15, 0.2) is 4.99 Å². The number of hydrogen-bond acceptors (Lipinski definition) is 3. The van der Waals surface area contributed by atoms with Crippen molar-refractivity contribution in [3.8, 4) is 0 Å². The van der Waals surface area contributed by atoms with Crippen LogP contribution in [0.4, 0.5) is 0 Å². The van der Waals surface area contributed by atoms with Crippen molar-refractivity contribution >= 4 is 14.2 Å². The van der Waals surface area contributed by atoms with Crippen molar-refractivity contribution in [2.75, 3.05) is 19.6 Å². The maximum atomic E-state index is 8.88. The fraction of sp³-hybridized carbons (Fsp3) is 0.800. The zero-order chi connectivity index (χ0) is 9.61. The SMILES string of the molecule is CCN1C=NCC1.O=P(O)(O)O.[H-].[Na+]. The maximum absolute atomic E-state index is 8.88. The Morgan fingerprint density at radius 1 is 1.62 bits per heavy atom. The summed E-state index contributed by atoms with van der Waals surface area (Å²) >= 11 is 0. The molecule has 0 amide bonds. The molecule has 0 aromatic heterocycles. The predicted molar refractivity (Wildman–Crippen MR) is 46.0 cm³/mol. The molecule has 0 radical (unpaired) electrons. The van der Waals surface area contributed by atoms with Gasteiger partial charge >= 0.3 is 37.4 Å². The zero-order valence-corrected chi connectivity index (χ0v) is 10.7. The first kappa shape index (κ1) is 16.0. The summed E-state index contributed by atoms with van der Waals surface area (Å²) in [6.07, 6.45) is 1.92. The van der Waals surface area contributed by atoms with Crippen molar-refractivity contribution in [3.05, 3.63) is 0 Å². The summed E-state index contributed by atoms with van der Waals surface area (Å²) in [5.41, 5.74) is 0. The van der Waals surface area contributed by atoms with Crippen molar-refractivity contribution in [3.63, 3.8) is 0 Å². The van der Waals surface area contributed by atoms with E-state index in [1.54, 1.807) is 0 Å². The molecular weight excluding hydrogens is 206 g/mol. The smallest absolute Gasteiger partial charge is 1.00 e. The normalized spacial score (nSPS) is 14.6. The Bertz CT molecular complexity index is 192. The summed E-state index contributed by atoms with van der Waals surface area (Å²) in [5.74, 6) is 0. The quantitative estimate of drug-likeness (QED) is 0.315. The molecule has 1 aliphatic rings. The topological polar surface area (TPSA) is 93.4 Å². The summed E-state index contributed by atoms with van der Waals surface area (Å²) < 4.78 is 8.88. The minimum Gasteiger partial charge on any atom is -1.00 e. The minimum atomic E-state index is -4.64. The van der Waals surface area contributed by atoms with Gasteiger partial charge in [-0.25, -0.2) is 4.57 Å². The standard InChI is InChI=1S/C5H10N2.Na.H3O4P.H/c1-2-7-4-3-6-5-7;;1-5(2,3)4;/h5H,2-4H2,1H3;;(H3,1,2,3,4);/q;+1;;-1. The Labute approximate surface area is 101 Å². The van der Waals surface area contributed by atoms with Gasteiger partial charge in [-0.2, -0.15) is 0 Å². The summed E-state index contributed by atoms with van der Waals surface area (Å²) in [6.45, 7) is 5.35. The number of hydrogen-bond donors (Lipinski definition) is 3. The molecule has 1 heterocycles. The maximum Gasteiger partial charge on any atom is 1.00 e. The Morgan fingerprint density at radius 3 is 2.23 bits per heavy atom. The molecule has 8 heteroatoms. The Balaban J connectivity index is -0.000000159. The number of rotatable bonds is 1. The zero-order valence-electron chi connectivity index (χ0n) is 8.79. The van der Waals surface area contributed by atoms with Crippen molar-refractivity contribution in [2.45, 2.75) is 6.92 Å². The molecule has 1 rings (SSSR count). The van der Waals surface area contributed by atoms with Gasteiger partial charge in [0.15, 0.2) is 0 Å². The molecule has 1 aliphatic heterocycles. The Morgan fingerprint density at radius 2 is 2.08 bits per heavy atom. The fourth-order valence-corrected chi connectivity index (χ4v) is 0.657. The average Bonchev–Trinajstić information content (AvgIpc) is 2.33. The number of likely N-dealkylation sites (N-methyl/N-ethyl adjacent to an activating group) is 1. The molecule has 74 valence electrons. The van der Waals surface area contributed by atoms with Gasteiger partial charge in [0.25, 0.3) is 0 Å². The molecule has 0 aromatic rings. The van der Waals surface area contributed by atoms with Crippen LogP contribution in [0, 0.1) is 0 Å². The molecular formula is C5H14N2NaO4P. The van der Waals surface area contributed by atoms with Crippen LogP contribution in [0.1, 0.15) is 8.35 Å². The van der Waals surface area contributed by atoms with Crippen LogP contribution in [0.25, 0.3) is 0 Å². The van der Waals surface area contributed by atoms with Crippen molar-refractivity contribution in [2.24, 2.45) is 4.99 Å². The van der Waals surface area contributed by atoms with Gasteiger partial charge < -0.3 is 21.0 Å². The monoisotopic (exact) mass is 220 g/mol. The third kappa shape index (κ3) is 15.3. The molecule has 0 spiro atoms. The van der Waals surface area contributed by atoms with Crippen molar-refractivity contribution in [1.82, 2.24) is 4.90 Å². The molecule has 6 nitrogen and oxygen atoms in total. The van der Waals surface area contributed by atoms with E-state index in [4.69, 9.17) is 19.2 Å². The van der Waals surface area contributed by atoms with Crippen molar-refractivity contribution in [1.29, 1.82) is 0 Å². The third-order valence-corrected chi connectivity index (χ3v) is 1.17. The van der Waals surface area contributed by atoms with Crippen LogP contribution in [0.2, 0.25) is 0 Å². The van der Waals surface area contributed by atoms with Crippen LogP contribution >= 0.6 is 7.82 Å². The van der Waals surface area contributed by atoms with Crippen molar-refractivity contribution < 1.29 is 50.2 Å². The molecule has 0 fully saturated rings. The van der Waals surface area contributed by atoms with Gasteiger partial charge in [-0.3, -0.25) is 4.99 Å². The van der Waals surface area contributed by atoms with Gasteiger partial charge in [-0.1, -0.05) is 0 Å². The third-order valence-electron chi connectivity index (χ3n) is 1.17. The first-order valence-electron chi connectivity index (χ1n) is 3.45. The van der Waals surface area contributed by atoms with E-state index in [0.29, 0.717) is 0 Å². The second-order valence-electron chi connectivity index (χ2n) is 2.16. The predicted octanol–water partition coefficient (Wildman–Crippen LogP) is -3.46. The molecule has 13 heavy (non-hydrogen) atoms. The molecule has 0 saturated carbocycles. The van der Waals surface area contributed by atoms with E-state index < -0.39 is 7.82 Å². The van der Waals surface area contributed by atoms with Gasteiger partial charge in [-0.15, -0.1) is 0 Å². The molecule has 0 aromatic carbocycles. The summed E-state index contributed by atoms with van der Waals surface area (Å²) in [6, 6.07) is 0. The summed E-state index contributed by atoms with van der Waals surface area (Å²) in [4.78, 5) is 27.8. The van der Waals surface area contributed by atoms with Gasteiger partial charge in [0.05, 0.1) is 12.9 Å². The van der Waals surface area contributed by atoms with E-state index in [1.165, 1.54) is 0 Å². The van der Waals surface area contributed by atoms with Crippen LogP contribution in [-0.4, -0.2) is 45.6 Å². The van der Waals surface area contributed by atoms with Crippen LogP contribution in [-0.2, 0) is 4.57 Å². The van der Waals surface area contributed by atoms with Crippen LogP contribution < -0.4 is 29.6 Å². The summed E-state index contributed by atoms with van der Waals surface area (Å²) in [5, 5.41) is 0. The molecule has 0 bridgehead atoms. The van der Waals surface area contributed by atoms with Gasteiger partial charge in [0, 0.05) is 13.1 Å². The van der Waals surface area contributed by atoms with E-state index in [-0.39, 0.29) is 31.0 Å². The van der Waals surface area contributed by atoms with Gasteiger partial charge in [0.1, 0.15) is 0 Å². The molecule has 3 N–H and O–H groups in total. The Kier molecular flexibility index (Phi) is 9.78. The van der Waals surface area contributed by atoms with E-state index >= 15 is 0 Å². The van der Waals surface area contributed by atoms with E-state index in [1.807, 2.05) is 6.34 Å². The van der Waals surface area contributed by atoms with Gasteiger partial charge in [0.2, 0.25) is 0 Å². The fourth-order valence-electron chi connectivity index (χ4n) is 0.657. The van der Waals surface area contributed by atoms with Crippen LogP contribution in [0.5, 0.6) is 0 Å². The number of aliphatic imine (C=N–C) groups is 1. The van der Waals surface area contributed by atoms with E-state index in [2.05, 4.69) is 16.8 Å². The van der Waals surface area contributed by atoms with Gasteiger partial charge in [-0.05, 0) is 6.92 Å². The van der Waals surface area contributed by atoms with E-state index in [9.17, 15) is 0 Å². The first-order valence-corrected chi connectivity index (χ1v) is 5.02. The second-order valence-corrected chi connectivity index (χ2v) is 3.19. The average molecular weight is 220 g/mol. The Hall–Kier alpha value is 0.580. The van der Waals surface area contributed by atoms with E-state index in [0.717, 1.165) is 19.6 Å². The number of nitrogens with zero attached hydrogens (tertiary/aromatic N) is 2.